The van der Waals surface area contributed by atoms with Crippen molar-refractivity contribution in [1.29, 1.82) is 0 Å². The Balaban J connectivity index is 1.59. The molecule has 0 N–H and O–H groups in total. The zero-order valence-corrected chi connectivity index (χ0v) is 19.8. The van der Waals surface area contributed by atoms with Gasteiger partial charge in [-0.25, -0.2) is 9.69 Å². The molecule has 174 valence electrons. The number of rotatable bonds is 11. The van der Waals surface area contributed by atoms with Crippen LogP contribution in [0.3, 0.4) is 0 Å². The second kappa shape index (κ2) is 11.3. The molecule has 32 heavy (non-hydrogen) atoms. The summed E-state index contributed by atoms with van der Waals surface area (Å²) in [4.78, 5) is 27.7. The van der Waals surface area contributed by atoms with E-state index in [1.165, 1.54) is 9.80 Å². The number of nitrogens with zero attached hydrogens (tertiary/aromatic N) is 4. The van der Waals surface area contributed by atoms with Gasteiger partial charge in [0.25, 0.3) is 0 Å². The molecule has 0 aliphatic carbocycles. The summed E-state index contributed by atoms with van der Waals surface area (Å²) >= 11 is -0.210. The summed E-state index contributed by atoms with van der Waals surface area (Å²) in [5.74, 6) is 1.09. The van der Waals surface area contributed by atoms with Crippen molar-refractivity contribution in [2.45, 2.75) is 37.3 Å². The maximum atomic E-state index is 12.6. The number of anilines is 1. The van der Waals surface area contributed by atoms with Crippen molar-refractivity contribution >= 4 is 39.6 Å². The van der Waals surface area contributed by atoms with Crippen LogP contribution in [0.5, 0.6) is 11.5 Å². The van der Waals surface area contributed by atoms with E-state index in [1.807, 2.05) is 26.0 Å². The third-order valence-electron chi connectivity index (χ3n) is 4.42. The fraction of sp³-hybridized carbons (Fsp3) is 0.500. The van der Waals surface area contributed by atoms with Crippen molar-refractivity contribution in [2.24, 2.45) is 0 Å². The molecule has 10 nitrogen and oxygen atoms in total. The number of para-hydroxylation sites is 2. The van der Waals surface area contributed by atoms with Crippen molar-refractivity contribution in [2.75, 3.05) is 37.5 Å². The van der Waals surface area contributed by atoms with E-state index in [1.54, 1.807) is 19.2 Å². The zero-order valence-electron chi connectivity index (χ0n) is 18.2. The first-order valence-corrected chi connectivity index (χ1v) is 12.4. The number of likely N-dealkylation sites (N-methyl/N-ethyl adjacent to an activating group) is 1. The number of aromatic nitrogens is 2. The van der Waals surface area contributed by atoms with E-state index in [4.69, 9.17) is 14.2 Å². The summed E-state index contributed by atoms with van der Waals surface area (Å²) in [6.45, 7) is 4.58. The van der Waals surface area contributed by atoms with Gasteiger partial charge in [-0.15, -0.1) is 5.10 Å². The number of benzene rings is 1. The third-order valence-corrected chi connectivity index (χ3v) is 7.19. The molecule has 0 saturated carbocycles. The molecule has 2 aromatic rings. The van der Waals surface area contributed by atoms with Gasteiger partial charge in [-0.3, -0.25) is 4.79 Å². The van der Waals surface area contributed by atoms with Gasteiger partial charge in [-0.1, -0.05) is 24.2 Å². The van der Waals surface area contributed by atoms with Crippen LogP contribution in [0.1, 0.15) is 26.7 Å². The molecule has 1 aromatic carbocycles. The second-order valence-corrected chi connectivity index (χ2v) is 9.56. The third kappa shape index (κ3) is 5.81. The monoisotopic (exact) mass is 482 g/mol. The Bertz CT molecular complexity index is 927. The molecule has 1 aliphatic heterocycles. The summed E-state index contributed by atoms with van der Waals surface area (Å²) in [5, 5.41) is 8.19. The minimum absolute atomic E-state index is 0.00934. The Morgan fingerprint density at radius 1 is 1.25 bits per heavy atom. The van der Waals surface area contributed by atoms with E-state index in [0.717, 1.165) is 17.8 Å². The molecule has 1 fully saturated rings. The van der Waals surface area contributed by atoms with Crippen LogP contribution >= 0.6 is 11.3 Å². The van der Waals surface area contributed by atoms with Gasteiger partial charge in [-0.2, -0.15) is 0 Å². The van der Waals surface area contributed by atoms with Gasteiger partial charge in [0.2, 0.25) is 11.4 Å². The van der Waals surface area contributed by atoms with E-state index < -0.39 is 23.4 Å². The Kier molecular flexibility index (Phi) is 8.53. The van der Waals surface area contributed by atoms with E-state index in [0.29, 0.717) is 28.2 Å². The largest absolute Gasteiger partial charge is 0.610 e. The lowest BCUT2D eigenvalue weighted by Crippen LogP contribution is -2.37. The Morgan fingerprint density at radius 3 is 2.66 bits per heavy atom. The van der Waals surface area contributed by atoms with Crippen molar-refractivity contribution in [3.63, 3.8) is 0 Å². The Hall–Kier alpha value is -2.57. The van der Waals surface area contributed by atoms with Gasteiger partial charge >= 0.3 is 16.3 Å². The summed E-state index contributed by atoms with van der Waals surface area (Å²) in [5.41, 5.74) is 0. The lowest BCUT2D eigenvalue weighted by atomic mass is 10.3. The fourth-order valence-electron chi connectivity index (χ4n) is 2.96. The molecule has 1 aliphatic rings. The van der Waals surface area contributed by atoms with E-state index in [2.05, 4.69) is 10.2 Å². The second-order valence-electron chi connectivity index (χ2n) is 6.86. The van der Waals surface area contributed by atoms with Gasteiger partial charge in [-0.05, 0) is 36.8 Å². The summed E-state index contributed by atoms with van der Waals surface area (Å²) in [6, 6.07) is 6.84. The molecule has 2 amide bonds. The highest BCUT2D eigenvalue weighted by molar-refractivity contribution is 7.93. The average Bonchev–Trinajstić information content (AvgIpc) is 3.34. The first-order valence-electron chi connectivity index (χ1n) is 10.2. The zero-order chi connectivity index (χ0) is 23.1. The maximum Gasteiger partial charge on any atom is 0.329 e. The van der Waals surface area contributed by atoms with Crippen molar-refractivity contribution in [1.82, 2.24) is 15.1 Å². The molecule has 1 aromatic heterocycles. The van der Waals surface area contributed by atoms with Crippen LogP contribution in [-0.4, -0.2) is 70.4 Å². The molecule has 0 bridgehead atoms. The van der Waals surface area contributed by atoms with Crippen LogP contribution in [0.4, 0.5) is 9.93 Å². The number of amides is 2. The quantitative estimate of drug-likeness (QED) is 0.273. The fourth-order valence-corrected chi connectivity index (χ4v) is 5.10. The molecule has 2 unspecified atom stereocenters. The van der Waals surface area contributed by atoms with Crippen LogP contribution < -0.4 is 14.4 Å². The molecule has 2 heterocycles. The van der Waals surface area contributed by atoms with Crippen LogP contribution in [0.25, 0.3) is 0 Å². The molecule has 0 radical (unpaired) electrons. The van der Waals surface area contributed by atoms with Crippen LogP contribution in [-0.2, 0) is 20.7 Å². The predicted molar refractivity (Wildman–Crippen MR) is 120 cm³/mol. The highest BCUT2D eigenvalue weighted by atomic mass is 32.2. The standard InChI is InChI=1S/C20H26N4O6S2/c1-4-12-32(27)19-22-21-18(31-19)24-16(13-23(3)20(24)26)30-17(25)10-11-29-15-9-7-6-8-14(15)28-5-2/h6-9,16H,4-5,10-13H2,1-3H3. The van der Waals surface area contributed by atoms with Crippen LogP contribution in [0.2, 0.25) is 0 Å². The highest BCUT2D eigenvalue weighted by Crippen LogP contribution is 2.31. The lowest BCUT2D eigenvalue weighted by molar-refractivity contribution is -0.148. The van der Waals surface area contributed by atoms with Crippen molar-refractivity contribution < 1.29 is 28.4 Å². The van der Waals surface area contributed by atoms with Gasteiger partial charge in [0.1, 0.15) is 5.75 Å². The molecule has 2 atom stereocenters. The van der Waals surface area contributed by atoms with E-state index in [-0.39, 0.29) is 30.7 Å². The SMILES string of the molecule is CCC[S+]([O-])c1nnc(N2C(=O)N(C)CC2OC(=O)CCOc2ccccc2OCC)s1. The number of ether oxygens (including phenoxy) is 3. The van der Waals surface area contributed by atoms with E-state index >= 15 is 0 Å². The highest BCUT2D eigenvalue weighted by Gasteiger charge is 2.41. The number of hydrogen-bond acceptors (Lipinski definition) is 9. The molecular formula is C20H26N4O6S2. The lowest BCUT2D eigenvalue weighted by Gasteiger charge is -2.19. The topological polar surface area (TPSA) is 117 Å². The smallest absolute Gasteiger partial charge is 0.329 e. The molecule has 12 heteroatoms. The number of carbonyl (C=O) groups excluding carboxylic acids is 2. The molecule has 3 rings (SSSR count). The summed E-state index contributed by atoms with van der Waals surface area (Å²) in [6.07, 6.45) is -0.120. The van der Waals surface area contributed by atoms with Crippen LogP contribution in [0, 0.1) is 0 Å². The number of esters is 1. The van der Waals surface area contributed by atoms with Crippen LogP contribution in [0.15, 0.2) is 28.6 Å². The molecule has 1 saturated heterocycles. The van der Waals surface area contributed by atoms with Gasteiger partial charge in [0.15, 0.2) is 11.5 Å². The summed E-state index contributed by atoms with van der Waals surface area (Å²) < 4.78 is 29.2. The summed E-state index contributed by atoms with van der Waals surface area (Å²) in [7, 11) is 1.61. The minimum atomic E-state index is -1.27. The normalized spacial score (nSPS) is 16.9. The maximum absolute atomic E-state index is 12.6. The molecule has 0 spiro atoms. The number of carbonyl (C=O) groups is 2. The average molecular weight is 483 g/mol. The molecular weight excluding hydrogens is 456 g/mol. The van der Waals surface area contributed by atoms with Crippen molar-refractivity contribution in [3.05, 3.63) is 24.3 Å². The van der Waals surface area contributed by atoms with E-state index in [9.17, 15) is 14.1 Å². The Morgan fingerprint density at radius 2 is 1.97 bits per heavy atom. The predicted octanol–water partition coefficient (Wildman–Crippen LogP) is 2.66. The Labute approximate surface area is 193 Å². The number of urea groups is 1. The minimum Gasteiger partial charge on any atom is -0.610 e. The first kappa shape index (κ1) is 24.1. The van der Waals surface area contributed by atoms with Gasteiger partial charge in [0.05, 0.1) is 26.2 Å². The first-order chi connectivity index (χ1) is 15.4. The number of hydrogen-bond donors (Lipinski definition) is 0. The van der Waals surface area contributed by atoms with Gasteiger partial charge in [0, 0.05) is 18.2 Å². The van der Waals surface area contributed by atoms with Gasteiger partial charge < -0.3 is 23.7 Å². The van der Waals surface area contributed by atoms with Crippen molar-refractivity contribution in [3.8, 4) is 11.5 Å².